The molecule has 0 spiro atoms. The van der Waals surface area contributed by atoms with Gasteiger partial charge in [-0.25, -0.2) is 0 Å². The second-order valence-corrected chi connectivity index (χ2v) is 4.80. The molecule has 2 aromatic rings. The average Bonchev–Trinajstić information content (AvgIpc) is 2.44. The van der Waals surface area contributed by atoms with Gasteiger partial charge in [-0.2, -0.15) is 0 Å². The van der Waals surface area contributed by atoms with Crippen LogP contribution in [0.25, 0.3) is 10.9 Å². The number of hydrogen-bond acceptors (Lipinski definition) is 4. The zero-order valence-corrected chi connectivity index (χ0v) is 11.8. The highest BCUT2D eigenvalue weighted by molar-refractivity contribution is 5.80. The van der Waals surface area contributed by atoms with E-state index in [4.69, 9.17) is 4.74 Å². The van der Waals surface area contributed by atoms with Crippen molar-refractivity contribution in [2.75, 3.05) is 33.8 Å². The van der Waals surface area contributed by atoms with Gasteiger partial charge in [-0.05, 0) is 38.4 Å². The van der Waals surface area contributed by atoms with E-state index in [1.54, 1.807) is 6.20 Å². The maximum Gasteiger partial charge on any atom is 0.257 e. The summed E-state index contributed by atoms with van der Waals surface area (Å²) >= 11 is 0. The molecule has 5 heteroatoms. The highest BCUT2D eigenvalue weighted by atomic mass is 16.5. The largest absolute Gasteiger partial charge is 0.484 e. The summed E-state index contributed by atoms with van der Waals surface area (Å²) in [5.41, 5.74) is 0.912. The first-order valence-corrected chi connectivity index (χ1v) is 6.54. The van der Waals surface area contributed by atoms with Crippen molar-refractivity contribution >= 4 is 16.8 Å². The van der Waals surface area contributed by atoms with Gasteiger partial charge in [0.05, 0.1) is 5.52 Å². The summed E-state index contributed by atoms with van der Waals surface area (Å²) in [4.78, 5) is 17.8. The lowest BCUT2D eigenvalue weighted by molar-refractivity contribution is -0.123. The summed E-state index contributed by atoms with van der Waals surface area (Å²) < 4.78 is 5.48. The molecule has 0 fully saturated rings. The number of pyridine rings is 1. The lowest BCUT2D eigenvalue weighted by Gasteiger charge is -2.11. The van der Waals surface area contributed by atoms with Crippen LogP contribution in [0.4, 0.5) is 0 Å². The van der Waals surface area contributed by atoms with E-state index in [1.165, 1.54) is 0 Å². The first kappa shape index (κ1) is 14.3. The van der Waals surface area contributed by atoms with Gasteiger partial charge in [-0.1, -0.05) is 6.07 Å². The number of carbonyl (C=O) groups is 1. The van der Waals surface area contributed by atoms with Gasteiger partial charge in [0.25, 0.3) is 5.91 Å². The molecule has 0 saturated heterocycles. The van der Waals surface area contributed by atoms with Crippen LogP contribution in [0.1, 0.15) is 0 Å². The van der Waals surface area contributed by atoms with Crippen LogP contribution in [0.5, 0.6) is 5.75 Å². The van der Waals surface area contributed by atoms with E-state index in [0.29, 0.717) is 12.3 Å². The quantitative estimate of drug-likeness (QED) is 0.861. The number of benzene rings is 1. The zero-order valence-electron chi connectivity index (χ0n) is 11.8. The summed E-state index contributed by atoms with van der Waals surface area (Å²) in [6.07, 6.45) is 1.75. The van der Waals surface area contributed by atoms with Crippen molar-refractivity contribution in [1.82, 2.24) is 15.2 Å². The van der Waals surface area contributed by atoms with Crippen LogP contribution in [0.15, 0.2) is 36.5 Å². The SMILES string of the molecule is CN(C)CCNC(=O)COc1ccc2ncccc2c1. The molecule has 20 heavy (non-hydrogen) atoms. The van der Waals surface area contributed by atoms with Gasteiger partial charge in [0.2, 0.25) is 0 Å². The average molecular weight is 273 g/mol. The Morgan fingerprint density at radius 1 is 1.35 bits per heavy atom. The van der Waals surface area contributed by atoms with Crippen molar-refractivity contribution in [2.24, 2.45) is 0 Å². The van der Waals surface area contributed by atoms with E-state index >= 15 is 0 Å². The van der Waals surface area contributed by atoms with Crippen LogP contribution >= 0.6 is 0 Å². The molecule has 0 aliphatic carbocycles. The minimum Gasteiger partial charge on any atom is -0.484 e. The molecule has 0 unspecified atom stereocenters. The molecule has 0 atom stereocenters. The monoisotopic (exact) mass is 273 g/mol. The van der Waals surface area contributed by atoms with Gasteiger partial charge >= 0.3 is 0 Å². The normalized spacial score (nSPS) is 10.8. The summed E-state index contributed by atoms with van der Waals surface area (Å²) in [6, 6.07) is 9.43. The van der Waals surface area contributed by atoms with E-state index in [9.17, 15) is 4.79 Å². The predicted octanol–water partition coefficient (Wildman–Crippen LogP) is 1.29. The molecule has 1 N–H and O–H groups in total. The fraction of sp³-hybridized carbons (Fsp3) is 0.333. The van der Waals surface area contributed by atoms with Crippen LogP contribution in [0.2, 0.25) is 0 Å². The van der Waals surface area contributed by atoms with Gasteiger partial charge in [-0.3, -0.25) is 9.78 Å². The Morgan fingerprint density at radius 3 is 3.00 bits per heavy atom. The Morgan fingerprint density at radius 2 is 2.20 bits per heavy atom. The van der Waals surface area contributed by atoms with Crippen LogP contribution in [0, 0.1) is 0 Å². The molecule has 0 aliphatic heterocycles. The summed E-state index contributed by atoms with van der Waals surface area (Å²) in [5.74, 6) is 0.561. The molecule has 106 valence electrons. The van der Waals surface area contributed by atoms with E-state index < -0.39 is 0 Å². The number of amides is 1. The van der Waals surface area contributed by atoms with E-state index in [2.05, 4.69) is 10.3 Å². The van der Waals surface area contributed by atoms with Crippen molar-refractivity contribution in [3.8, 4) is 5.75 Å². The number of fused-ring (bicyclic) bond motifs is 1. The van der Waals surface area contributed by atoms with Crippen LogP contribution < -0.4 is 10.1 Å². The number of hydrogen-bond donors (Lipinski definition) is 1. The summed E-state index contributed by atoms with van der Waals surface area (Å²) in [6.45, 7) is 1.46. The van der Waals surface area contributed by atoms with Crippen molar-refractivity contribution < 1.29 is 9.53 Å². The van der Waals surface area contributed by atoms with E-state index in [0.717, 1.165) is 17.4 Å². The van der Waals surface area contributed by atoms with Gasteiger partial charge < -0.3 is 15.0 Å². The Bertz CT molecular complexity index is 584. The number of ether oxygens (including phenoxy) is 1. The van der Waals surface area contributed by atoms with Crippen LogP contribution in [-0.4, -0.2) is 49.6 Å². The van der Waals surface area contributed by atoms with Gasteiger partial charge in [0, 0.05) is 24.7 Å². The molecule has 1 aromatic heterocycles. The number of aromatic nitrogens is 1. The smallest absolute Gasteiger partial charge is 0.257 e. The predicted molar refractivity (Wildman–Crippen MR) is 78.8 cm³/mol. The number of nitrogens with zero attached hydrogens (tertiary/aromatic N) is 2. The van der Waals surface area contributed by atoms with Crippen LogP contribution in [-0.2, 0) is 4.79 Å². The third-order valence-corrected chi connectivity index (χ3v) is 2.83. The van der Waals surface area contributed by atoms with Crippen LogP contribution in [0.3, 0.4) is 0 Å². The Balaban J connectivity index is 1.84. The molecule has 1 heterocycles. The standard InChI is InChI=1S/C15H19N3O2/c1-18(2)9-8-17-15(19)11-20-13-5-6-14-12(10-13)4-3-7-16-14/h3-7,10H,8-9,11H2,1-2H3,(H,17,19). The van der Waals surface area contributed by atoms with Crippen molar-refractivity contribution in [3.63, 3.8) is 0 Å². The molecule has 5 nitrogen and oxygen atoms in total. The molecule has 0 aliphatic rings. The molecule has 1 amide bonds. The second kappa shape index (κ2) is 6.86. The fourth-order valence-corrected chi connectivity index (χ4v) is 1.76. The third-order valence-electron chi connectivity index (χ3n) is 2.83. The van der Waals surface area contributed by atoms with Crippen molar-refractivity contribution in [3.05, 3.63) is 36.5 Å². The van der Waals surface area contributed by atoms with E-state index in [1.807, 2.05) is 49.3 Å². The Labute approximate surface area is 118 Å². The lowest BCUT2D eigenvalue weighted by atomic mass is 10.2. The topological polar surface area (TPSA) is 54.5 Å². The van der Waals surface area contributed by atoms with Crippen molar-refractivity contribution in [2.45, 2.75) is 0 Å². The number of likely N-dealkylation sites (N-methyl/N-ethyl adjacent to an activating group) is 1. The van der Waals surface area contributed by atoms with E-state index in [-0.39, 0.29) is 12.5 Å². The Kier molecular flexibility index (Phi) is 4.90. The fourth-order valence-electron chi connectivity index (χ4n) is 1.76. The van der Waals surface area contributed by atoms with Gasteiger partial charge in [0.15, 0.2) is 6.61 Å². The molecule has 2 rings (SSSR count). The molecule has 0 bridgehead atoms. The number of rotatable bonds is 6. The molecular formula is C15H19N3O2. The lowest BCUT2D eigenvalue weighted by Crippen LogP contribution is -2.34. The number of carbonyl (C=O) groups excluding carboxylic acids is 1. The molecule has 0 radical (unpaired) electrons. The minimum absolute atomic E-state index is 0.0270. The molecule has 1 aromatic carbocycles. The Hall–Kier alpha value is -2.14. The van der Waals surface area contributed by atoms with Gasteiger partial charge in [0.1, 0.15) is 5.75 Å². The minimum atomic E-state index is -0.113. The first-order chi connectivity index (χ1) is 9.65. The highest BCUT2D eigenvalue weighted by Crippen LogP contribution is 2.18. The second-order valence-electron chi connectivity index (χ2n) is 4.80. The van der Waals surface area contributed by atoms with Crippen molar-refractivity contribution in [1.29, 1.82) is 0 Å². The van der Waals surface area contributed by atoms with Gasteiger partial charge in [-0.15, -0.1) is 0 Å². The number of nitrogens with one attached hydrogen (secondary N) is 1. The highest BCUT2D eigenvalue weighted by Gasteiger charge is 2.03. The maximum atomic E-state index is 11.6. The summed E-state index contributed by atoms with van der Waals surface area (Å²) in [7, 11) is 3.93. The maximum absolute atomic E-state index is 11.6. The zero-order chi connectivity index (χ0) is 14.4. The first-order valence-electron chi connectivity index (χ1n) is 6.54. The summed E-state index contributed by atoms with van der Waals surface area (Å²) in [5, 5.41) is 3.80. The molecule has 0 saturated carbocycles. The third kappa shape index (κ3) is 4.20. The molecular weight excluding hydrogens is 254 g/mol.